The van der Waals surface area contributed by atoms with Crippen molar-refractivity contribution in [1.82, 2.24) is 0 Å². The summed E-state index contributed by atoms with van der Waals surface area (Å²) in [6, 6.07) is 6.99. The molecule has 0 aliphatic heterocycles. The minimum Gasteiger partial charge on any atom is -0.497 e. The van der Waals surface area contributed by atoms with Crippen LogP contribution in [-0.4, -0.2) is 24.9 Å². The Kier molecular flexibility index (Phi) is 5.77. The summed E-state index contributed by atoms with van der Waals surface area (Å²) in [6.45, 7) is 0. The molecule has 96 valence electrons. The number of benzene rings is 1. The highest BCUT2D eigenvalue weighted by molar-refractivity contribution is 6.26. The Morgan fingerprint density at radius 3 is 2.33 bits per heavy atom. The van der Waals surface area contributed by atoms with Crippen LogP contribution in [0.3, 0.4) is 0 Å². The van der Waals surface area contributed by atoms with Gasteiger partial charge in [-0.25, -0.2) is 0 Å². The minimum atomic E-state index is -0.188. The third-order valence-corrected chi connectivity index (χ3v) is 2.65. The largest absolute Gasteiger partial charge is 0.497 e. The fourth-order valence-corrected chi connectivity index (χ4v) is 1.58. The number of Topliss-reactive ketones (excluding diaryl/α,β-unsaturated/α-hetero) is 2. The predicted octanol–water partition coefficient (Wildman–Crippen LogP) is 2.66. The second-order valence-corrected chi connectivity index (χ2v) is 3.97. The van der Waals surface area contributed by atoms with Crippen molar-refractivity contribution in [3.63, 3.8) is 0 Å². The van der Waals surface area contributed by atoms with E-state index >= 15 is 0 Å². The topological polar surface area (TPSA) is 67.2 Å². The summed E-state index contributed by atoms with van der Waals surface area (Å²) in [5, 5.41) is 6.75. The molecule has 4 heteroatoms. The normalized spacial score (nSPS) is 9.83. The van der Waals surface area contributed by atoms with Crippen LogP contribution in [0.4, 0.5) is 0 Å². The number of hydrogen-bond donors (Lipinski definition) is 1. The Morgan fingerprint density at radius 2 is 1.78 bits per heavy atom. The number of hydrogen-bond acceptors (Lipinski definition) is 4. The lowest BCUT2D eigenvalue weighted by Gasteiger charge is -2.02. The molecule has 18 heavy (non-hydrogen) atoms. The molecular formula is C14H17NO3. The molecule has 0 aliphatic carbocycles. The van der Waals surface area contributed by atoms with Crippen LogP contribution in [0.15, 0.2) is 24.3 Å². The number of rotatable bonds is 8. The molecule has 4 nitrogen and oxygen atoms in total. The van der Waals surface area contributed by atoms with Crippen molar-refractivity contribution in [3.05, 3.63) is 29.8 Å². The van der Waals surface area contributed by atoms with Crippen molar-refractivity contribution in [1.29, 1.82) is 5.41 Å². The zero-order valence-electron chi connectivity index (χ0n) is 10.4. The molecule has 0 radical (unpaired) electrons. The zero-order chi connectivity index (χ0) is 13.4. The molecule has 1 rings (SSSR count). The molecule has 1 aromatic rings. The van der Waals surface area contributed by atoms with E-state index in [1.807, 2.05) is 0 Å². The smallest absolute Gasteiger partial charge is 0.173 e. The molecule has 0 atom stereocenters. The lowest BCUT2D eigenvalue weighted by Crippen LogP contribution is -2.01. The van der Waals surface area contributed by atoms with Gasteiger partial charge < -0.3 is 10.1 Å². The number of carbonyl (C=O) groups is 2. The van der Waals surface area contributed by atoms with Gasteiger partial charge in [0.25, 0.3) is 0 Å². The summed E-state index contributed by atoms with van der Waals surface area (Å²) in [7, 11) is 1.58. The first kappa shape index (κ1) is 14.1. The summed E-state index contributed by atoms with van der Waals surface area (Å²) in [5.74, 6) is 0.606. The van der Waals surface area contributed by atoms with E-state index in [9.17, 15) is 9.59 Å². The summed E-state index contributed by atoms with van der Waals surface area (Å²) in [6.07, 6.45) is 2.92. The van der Waals surface area contributed by atoms with Gasteiger partial charge in [-0.3, -0.25) is 9.59 Å². The van der Waals surface area contributed by atoms with Crippen LogP contribution in [0.25, 0.3) is 0 Å². The van der Waals surface area contributed by atoms with Crippen LogP contribution in [0.1, 0.15) is 36.0 Å². The second kappa shape index (κ2) is 7.37. The summed E-state index contributed by atoms with van der Waals surface area (Å²) in [4.78, 5) is 22.6. The molecule has 0 saturated heterocycles. The zero-order valence-corrected chi connectivity index (χ0v) is 10.4. The number of ether oxygens (including phenoxy) is 1. The first-order valence-corrected chi connectivity index (χ1v) is 5.88. The van der Waals surface area contributed by atoms with E-state index in [1.165, 1.54) is 0 Å². The SMILES string of the molecule is COc1ccc(C(=O)CCCCC(=O)C=N)cc1. The van der Waals surface area contributed by atoms with Crippen molar-refractivity contribution in [2.75, 3.05) is 7.11 Å². The second-order valence-electron chi connectivity index (χ2n) is 3.97. The molecule has 0 bridgehead atoms. The maximum absolute atomic E-state index is 11.8. The highest BCUT2D eigenvalue weighted by atomic mass is 16.5. The first-order valence-electron chi connectivity index (χ1n) is 5.88. The van der Waals surface area contributed by atoms with Gasteiger partial charge in [0.1, 0.15) is 5.75 Å². The van der Waals surface area contributed by atoms with Crippen molar-refractivity contribution in [3.8, 4) is 5.75 Å². The average Bonchev–Trinajstić information content (AvgIpc) is 2.43. The highest BCUT2D eigenvalue weighted by Crippen LogP contribution is 2.14. The molecule has 0 amide bonds. The quantitative estimate of drug-likeness (QED) is 0.436. The molecule has 0 unspecified atom stereocenters. The maximum atomic E-state index is 11.8. The van der Waals surface area contributed by atoms with E-state index in [0.717, 1.165) is 12.0 Å². The van der Waals surface area contributed by atoms with Crippen molar-refractivity contribution < 1.29 is 14.3 Å². The third-order valence-electron chi connectivity index (χ3n) is 2.65. The van der Waals surface area contributed by atoms with Crippen LogP contribution in [0.5, 0.6) is 5.75 Å². The Hall–Kier alpha value is -1.97. The Labute approximate surface area is 106 Å². The lowest BCUT2D eigenvalue weighted by atomic mass is 10.0. The van der Waals surface area contributed by atoms with E-state index in [1.54, 1.807) is 31.4 Å². The molecular weight excluding hydrogens is 230 g/mol. The van der Waals surface area contributed by atoms with Gasteiger partial charge in [0, 0.05) is 18.4 Å². The Balaban J connectivity index is 2.36. The molecule has 0 spiro atoms. The van der Waals surface area contributed by atoms with Gasteiger partial charge >= 0.3 is 0 Å². The van der Waals surface area contributed by atoms with Gasteiger partial charge in [-0.15, -0.1) is 0 Å². The van der Waals surface area contributed by atoms with Gasteiger partial charge in [0.05, 0.1) is 13.3 Å². The van der Waals surface area contributed by atoms with Gasteiger partial charge in [-0.05, 0) is 37.1 Å². The lowest BCUT2D eigenvalue weighted by molar-refractivity contribution is -0.112. The molecule has 1 aromatic carbocycles. The van der Waals surface area contributed by atoms with E-state index in [-0.39, 0.29) is 11.6 Å². The molecule has 0 heterocycles. The summed E-state index contributed by atoms with van der Waals surface area (Å²) >= 11 is 0. The van der Waals surface area contributed by atoms with Gasteiger partial charge in [0.15, 0.2) is 11.6 Å². The van der Waals surface area contributed by atoms with Crippen molar-refractivity contribution in [2.45, 2.75) is 25.7 Å². The number of nitrogens with one attached hydrogen (secondary N) is 1. The third kappa shape index (κ3) is 4.49. The fraction of sp³-hybridized carbons (Fsp3) is 0.357. The molecule has 0 fully saturated rings. The molecule has 0 aliphatic rings. The van der Waals surface area contributed by atoms with Gasteiger partial charge in [0.2, 0.25) is 0 Å². The highest BCUT2D eigenvalue weighted by Gasteiger charge is 2.06. The van der Waals surface area contributed by atoms with Crippen LogP contribution in [-0.2, 0) is 4.79 Å². The first-order chi connectivity index (χ1) is 8.67. The number of methoxy groups -OCH3 is 1. The van der Waals surface area contributed by atoms with Crippen LogP contribution in [0.2, 0.25) is 0 Å². The Morgan fingerprint density at radius 1 is 1.17 bits per heavy atom. The number of ketones is 2. The number of carbonyl (C=O) groups excluding carboxylic acids is 2. The van der Waals surface area contributed by atoms with Crippen molar-refractivity contribution >= 4 is 17.8 Å². The Bertz CT molecular complexity index is 423. The standard InChI is InChI=1S/C14H17NO3/c1-18-13-8-6-11(7-9-13)14(17)5-3-2-4-12(16)10-15/h6-10,15H,2-5H2,1H3. The van der Waals surface area contributed by atoms with E-state index < -0.39 is 0 Å². The van der Waals surface area contributed by atoms with Crippen molar-refractivity contribution in [2.24, 2.45) is 0 Å². The minimum absolute atomic E-state index is 0.0694. The van der Waals surface area contributed by atoms with Crippen LogP contribution >= 0.6 is 0 Å². The summed E-state index contributed by atoms with van der Waals surface area (Å²) < 4.78 is 5.02. The van der Waals surface area contributed by atoms with E-state index in [0.29, 0.717) is 31.2 Å². The maximum Gasteiger partial charge on any atom is 0.173 e. The molecule has 0 aromatic heterocycles. The molecule has 0 saturated carbocycles. The molecule has 1 N–H and O–H groups in total. The predicted molar refractivity (Wildman–Crippen MR) is 69.6 cm³/mol. The average molecular weight is 247 g/mol. The van der Waals surface area contributed by atoms with Crippen LogP contribution < -0.4 is 4.74 Å². The van der Waals surface area contributed by atoms with Crippen LogP contribution in [0, 0.1) is 5.41 Å². The monoisotopic (exact) mass is 247 g/mol. The number of unbranched alkanes of at least 4 members (excludes halogenated alkanes) is 1. The van der Waals surface area contributed by atoms with E-state index in [4.69, 9.17) is 10.1 Å². The summed E-state index contributed by atoms with van der Waals surface area (Å²) in [5.41, 5.74) is 0.661. The fourth-order valence-electron chi connectivity index (χ4n) is 1.58. The van der Waals surface area contributed by atoms with E-state index in [2.05, 4.69) is 0 Å². The van der Waals surface area contributed by atoms with Gasteiger partial charge in [-0.1, -0.05) is 0 Å². The van der Waals surface area contributed by atoms with Gasteiger partial charge in [-0.2, -0.15) is 0 Å².